The lowest BCUT2D eigenvalue weighted by Gasteiger charge is -2.18. The summed E-state index contributed by atoms with van der Waals surface area (Å²) < 4.78 is 0. The van der Waals surface area contributed by atoms with Gasteiger partial charge in [-0.25, -0.2) is 0 Å². The van der Waals surface area contributed by atoms with Crippen LogP contribution in [0, 0.1) is 34.6 Å². The molecule has 1 aromatic carbocycles. The van der Waals surface area contributed by atoms with Crippen molar-refractivity contribution in [2.24, 2.45) is 0 Å². The van der Waals surface area contributed by atoms with Crippen molar-refractivity contribution in [3.05, 3.63) is 46.0 Å². The Morgan fingerprint density at radius 1 is 0.765 bits per heavy atom. The highest BCUT2D eigenvalue weighted by molar-refractivity contribution is 5.49. The van der Waals surface area contributed by atoms with E-state index in [-0.39, 0.29) is 0 Å². The van der Waals surface area contributed by atoms with Crippen molar-refractivity contribution in [3.8, 4) is 0 Å². The predicted molar refractivity (Wildman–Crippen MR) is 77.9 cm³/mol. The highest BCUT2D eigenvalue weighted by atomic mass is 14.2. The molecule has 0 bridgehead atoms. The van der Waals surface area contributed by atoms with Gasteiger partial charge in [-0.15, -0.1) is 6.58 Å². The Kier molecular flexibility index (Phi) is 4.99. The Bertz CT molecular complexity index is 382. The summed E-state index contributed by atoms with van der Waals surface area (Å²) in [6, 6.07) is 0. The number of allylic oxidation sites excluding steroid dienone is 1. The topological polar surface area (TPSA) is 0 Å². The Morgan fingerprint density at radius 3 is 1.71 bits per heavy atom. The first-order valence-corrected chi connectivity index (χ1v) is 6.67. The molecular formula is C17H26. The fourth-order valence-corrected chi connectivity index (χ4v) is 2.54. The lowest BCUT2D eigenvalue weighted by atomic mass is 9.87. The SMILES string of the molecule is C=CCCCCc1c(C)c(C)c(C)c(C)c1C. The van der Waals surface area contributed by atoms with Gasteiger partial charge in [-0.05, 0) is 93.7 Å². The van der Waals surface area contributed by atoms with Crippen molar-refractivity contribution < 1.29 is 0 Å². The fourth-order valence-electron chi connectivity index (χ4n) is 2.54. The largest absolute Gasteiger partial charge is 0.103 e. The molecule has 0 nitrogen and oxygen atoms in total. The van der Waals surface area contributed by atoms with Gasteiger partial charge in [-0.3, -0.25) is 0 Å². The van der Waals surface area contributed by atoms with Gasteiger partial charge in [-0.1, -0.05) is 6.08 Å². The molecule has 0 amide bonds. The monoisotopic (exact) mass is 230 g/mol. The molecule has 94 valence electrons. The van der Waals surface area contributed by atoms with Gasteiger partial charge in [0, 0.05) is 0 Å². The highest BCUT2D eigenvalue weighted by Crippen LogP contribution is 2.27. The molecule has 0 saturated heterocycles. The van der Waals surface area contributed by atoms with Gasteiger partial charge < -0.3 is 0 Å². The molecular weight excluding hydrogens is 204 g/mol. The Labute approximate surface area is 107 Å². The van der Waals surface area contributed by atoms with Crippen LogP contribution in [0.2, 0.25) is 0 Å². The minimum atomic E-state index is 1.14. The predicted octanol–water partition coefficient (Wildman–Crippen LogP) is 5.13. The summed E-state index contributed by atoms with van der Waals surface area (Å²) in [5.41, 5.74) is 9.01. The normalized spacial score (nSPS) is 10.6. The summed E-state index contributed by atoms with van der Waals surface area (Å²) in [7, 11) is 0. The minimum absolute atomic E-state index is 1.14. The number of hydrogen-bond acceptors (Lipinski definition) is 0. The lowest BCUT2D eigenvalue weighted by Crippen LogP contribution is -2.03. The average Bonchev–Trinajstić information content (AvgIpc) is 2.33. The van der Waals surface area contributed by atoms with Crippen LogP contribution in [-0.2, 0) is 6.42 Å². The maximum absolute atomic E-state index is 3.78. The standard InChI is InChI=1S/C17H26/c1-7-8-9-10-11-17-15(5)13(3)12(2)14(4)16(17)6/h7H,1,8-11H2,2-6H3. The van der Waals surface area contributed by atoms with Crippen molar-refractivity contribution >= 4 is 0 Å². The lowest BCUT2D eigenvalue weighted by molar-refractivity contribution is 0.741. The van der Waals surface area contributed by atoms with Gasteiger partial charge in [0.25, 0.3) is 0 Å². The van der Waals surface area contributed by atoms with E-state index in [0.717, 1.165) is 6.42 Å². The van der Waals surface area contributed by atoms with Crippen LogP contribution < -0.4 is 0 Å². The molecule has 1 rings (SSSR count). The highest BCUT2D eigenvalue weighted by Gasteiger charge is 2.11. The molecule has 0 unspecified atom stereocenters. The van der Waals surface area contributed by atoms with Gasteiger partial charge in [0.15, 0.2) is 0 Å². The molecule has 0 aromatic heterocycles. The summed E-state index contributed by atoms with van der Waals surface area (Å²) in [6.45, 7) is 15.1. The molecule has 0 heterocycles. The zero-order chi connectivity index (χ0) is 13.0. The number of unbranched alkanes of at least 4 members (excludes halogenated alkanes) is 2. The van der Waals surface area contributed by atoms with E-state index in [1.807, 2.05) is 6.08 Å². The fraction of sp³-hybridized carbons (Fsp3) is 0.529. The van der Waals surface area contributed by atoms with Crippen LogP contribution in [0.3, 0.4) is 0 Å². The second-order valence-electron chi connectivity index (χ2n) is 5.14. The molecule has 1 aromatic rings. The second kappa shape index (κ2) is 6.05. The van der Waals surface area contributed by atoms with Gasteiger partial charge >= 0.3 is 0 Å². The van der Waals surface area contributed by atoms with E-state index in [9.17, 15) is 0 Å². The van der Waals surface area contributed by atoms with Gasteiger partial charge in [0.2, 0.25) is 0 Å². The summed E-state index contributed by atoms with van der Waals surface area (Å²) >= 11 is 0. The van der Waals surface area contributed by atoms with Crippen molar-refractivity contribution in [2.75, 3.05) is 0 Å². The number of rotatable bonds is 5. The summed E-state index contributed by atoms with van der Waals surface area (Å²) in [4.78, 5) is 0. The van der Waals surface area contributed by atoms with Gasteiger partial charge in [-0.2, -0.15) is 0 Å². The maximum Gasteiger partial charge on any atom is -0.0273 e. The second-order valence-corrected chi connectivity index (χ2v) is 5.14. The van der Waals surface area contributed by atoms with Gasteiger partial charge in [0.1, 0.15) is 0 Å². The molecule has 0 aliphatic rings. The molecule has 0 atom stereocenters. The van der Waals surface area contributed by atoms with Crippen LogP contribution in [0.4, 0.5) is 0 Å². The van der Waals surface area contributed by atoms with Crippen LogP contribution in [0.5, 0.6) is 0 Å². The third-order valence-corrected chi connectivity index (χ3v) is 4.24. The van der Waals surface area contributed by atoms with Crippen molar-refractivity contribution in [1.82, 2.24) is 0 Å². The van der Waals surface area contributed by atoms with E-state index >= 15 is 0 Å². The van der Waals surface area contributed by atoms with Crippen molar-refractivity contribution in [2.45, 2.75) is 60.3 Å². The average molecular weight is 230 g/mol. The summed E-state index contributed by atoms with van der Waals surface area (Å²) in [5, 5.41) is 0. The van der Waals surface area contributed by atoms with Crippen LogP contribution >= 0.6 is 0 Å². The molecule has 0 N–H and O–H groups in total. The van der Waals surface area contributed by atoms with E-state index in [1.165, 1.54) is 47.1 Å². The zero-order valence-electron chi connectivity index (χ0n) is 12.1. The Balaban J connectivity index is 2.95. The van der Waals surface area contributed by atoms with Gasteiger partial charge in [0.05, 0.1) is 0 Å². The molecule has 0 aliphatic heterocycles. The van der Waals surface area contributed by atoms with E-state index in [0.29, 0.717) is 0 Å². The molecule has 0 radical (unpaired) electrons. The molecule has 0 heteroatoms. The van der Waals surface area contributed by atoms with E-state index in [1.54, 1.807) is 5.56 Å². The smallest absolute Gasteiger partial charge is 0.0273 e. The van der Waals surface area contributed by atoms with Crippen LogP contribution in [0.15, 0.2) is 12.7 Å². The molecule has 0 saturated carbocycles. The van der Waals surface area contributed by atoms with E-state index in [4.69, 9.17) is 0 Å². The minimum Gasteiger partial charge on any atom is -0.103 e. The zero-order valence-corrected chi connectivity index (χ0v) is 12.1. The molecule has 0 fully saturated rings. The van der Waals surface area contributed by atoms with Crippen molar-refractivity contribution in [1.29, 1.82) is 0 Å². The summed E-state index contributed by atoms with van der Waals surface area (Å²) in [5.74, 6) is 0. The van der Waals surface area contributed by atoms with Crippen LogP contribution in [0.1, 0.15) is 52.6 Å². The first-order valence-electron chi connectivity index (χ1n) is 6.67. The Morgan fingerprint density at radius 2 is 1.24 bits per heavy atom. The number of benzene rings is 1. The Hall–Kier alpha value is -1.04. The quantitative estimate of drug-likeness (QED) is 0.486. The first-order chi connectivity index (χ1) is 8.00. The molecule has 0 aliphatic carbocycles. The maximum atomic E-state index is 3.78. The molecule has 17 heavy (non-hydrogen) atoms. The summed E-state index contributed by atoms with van der Waals surface area (Å²) in [6.07, 6.45) is 6.91. The van der Waals surface area contributed by atoms with Crippen LogP contribution in [0.25, 0.3) is 0 Å². The van der Waals surface area contributed by atoms with Crippen LogP contribution in [-0.4, -0.2) is 0 Å². The third kappa shape index (κ3) is 3.00. The molecule has 0 spiro atoms. The van der Waals surface area contributed by atoms with E-state index in [2.05, 4.69) is 41.2 Å². The van der Waals surface area contributed by atoms with Crippen molar-refractivity contribution in [3.63, 3.8) is 0 Å². The number of hydrogen-bond donors (Lipinski definition) is 0. The first kappa shape index (κ1) is 14.0. The third-order valence-electron chi connectivity index (χ3n) is 4.24. The van der Waals surface area contributed by atoms with E-state index < -0.39 is 0 Å².